The van der Waals surface area contributed by atoms with E-state index in [-0.39, 0.29) is 36.7 Å². The fraction of sp³-hybridized carbons (Fsp3) is 0.250. The van der Waals surface area contributed by atoms with Gasteiger partial charge in [0.15, 0.2) is 12.2 Å². The van der Waals surface area contributed by atoms with Crippen LogP contribution in [-0.2, 0) is 36.4 Å². The predicted molar refractivity (Wildman–Crippen MR) is 149 cm³/mol. The molecule has 1 fully saturated rings. The molecule has 3 amide bonds. The first-order chi connectivity index (χ1) is 19.6. The number of carbonyl (C=O) groups excluding carboxylic acids is 3. The zero-order chi connectivity index (χ0) is 28.8. The molecule has 1 saturated heterocycles. The maximum absolute atomic E-state index is 14.0. The summed E-state index contributed by atoms with van der Waals surface area (Å²) in [5, 5.41) is 5.71. The molecule has 1 unspecified atom stereocenters. The number of anilines is 2. The van der Waals surface area contributed by atoms with Crippen molar-refractivity contribution in [3.63, 3.8) is 0 Å². The Kier molecular flexibility index (Phi) is 6.84. The van der Waals surface area contributed by atoms with E-state index in [0.717, 1.165) is 5.56 Å². The summed E-state index contributed by atoms with van der Waals surface area (Å²) in [4.78, 5) is 39.5. The summed E-state index contributed by atoms with van der Waals surface area (Å²) in [7, 11) is -4.22. The number of rotatable bonds is 6. The van der Waals surface area contributed by atoms with Gasteiger partial charge in [0, 0.05) is 23.6 Å². The van der Waals surface area contributed by atoms with Gasteiger partial charge in [-0.25, -0.2) is 13.2 Å². The van der Waals surface area contributed by atoms with Gasteiger partial charge in [0.1, 0.15) is 11.8 Å². The molecule has 212 valence electrons. The van der Waals surface area contributed by atoms with Crippen LogP contribution in [0.5, 0.6) is 5.75 Å². The molecular weight excluding hydrogens is 572 g/mol. The smallest absolute Gasteiger partial charge is 0.412 e. The Morgan fingerprint density at radius 2 is 1.85 bits per heavy atom. The zero-order valence-electron chi connectivity index (χ0n) is 21.6. The number of halogens is 1. The minimum atomic E-state index is -4.22. The molecule has 3 aromatic carbocycles. The van der Waals surface area contributed by atoms with Crippen molar-refractivity contribution in [1.29, 1.82) is 0 Å². The number of hydrogen-bond donors (Lipinski definition) is 3. The summed E-state index contributed by atoms with van der Waals surface area (Å²) in [6.07, 6.45) is -0.245. The molecule has 13 heteroatoms. The van der Waals surface area contributed by atoms with Crippen LogP contribution in [0.25, 0.3) is 0 Å². The molecule has 3 aromatic rings. The van der Waals surface area contributed by atoms with E-state index in [9.17, 15) is 22.8 Å². The molecule has 3 heterocycles. The number of nitrogens with zero attached hydrogens (tertiary/aromatic N) is 1. The van der Waals surface area contributed by atoms with E-state index in [2.05, 4.69) is 15.4 Å². The van der Waals surface area contributed by atoms with Crippen LogP contribution in [0.4, 0.5) is 16.2 Å². The number of fused-ring (bicyclic) bond motifs is 3. The largest absolute Gasteiger partial charge is 0.482 e. The lowest BCUT2D eigenvalue weighted by Gasteiger charge is -2.35. The van der Waals surface area contributed by atoms with E-state index in [1.54, 1.807) is 42.5 Å². The van der Waals surface area contributed by atoms with Crippen molar-refractivity contribution in [1.82, 2.24) is 9.62 Å². The Morgan fingerprint density at radius 3 is 2.66 bits per heavy atom. The number of carbonyl (C=O) groups is 3. The van der Waals surface area contributed by atoms with E-state index in [1.807, 2.05) is 6.07 Å². The lowest BCUT2D eigenvalue weighted by molar-refractivity contribution is -0.133. The normalized spacial score (nSPS) is 20.3. The molecule has 3 aliphatic rings. The molecule has 2 atom stereocenters. The topological polar surface area (TPSA) is 143 Å². The summed E-state index contributed by atoms with van der Waals surface area (Å²) < 4.78 is 40.7. The maximum atomic E-state index is 14.0. The first kappa shape index (κ1) is 27.1. The number of amides is 3. The van der Waals surface area contributed by atoms with Gasteiger partial charge < -0.3 is 19.7 Å². The lowest BCUT2D eigenvalue weighted by Crippen LogP contribution is -2.50. The van der Waals surface area contributed by atoms with Crippen molar-refractivity contribution in [2.75, 3.05) is 30.3 Å². The quantitative estimate of drug-likeness (QED) is 0.396. The van der Waals surface area contributed by atoms with Gasteiger partial charge in [-0.3, -0.25) is 14.9 Å². The van der Waals surface area contributed by atoms with Gasteiger partial charge in [0.05, 0.1) is 22.8 Å². The van der Waals surface area contributed by atoms with Crippen molar-refractivity contribution in [2.24, 2.45) is 0 Å². The number of hydrogen-bond acceptors (Lipinski definition) is 7. The second kappa shape index (κ2) is 10.4. The molecule has 0 aromatic heterocycles. The van der Waals surface area contributed by atoms with Crippen molar-refractivity contribution < 1.29 is 32.3 Å². The lowest BCUT2D eigenvalue weighted by atomic mass is 9.90. The monoisotopic (exact) mass is 596 g/mol. The van der Waals surface area contributed by atoms with Crippen LogP contribution in [0.3, 0.4) is 0 Å². The summed E-state index contributed by atoms with van der Waals surface area (Å²) in [5.41, 5.74) is 1.05. The molecule has 0 aliphatic carbocycles. The summed E-state index contributed by atoms with van der Waals surface area (Å²) in [5.74, 6) is -0.525. The zero-order valence-corrected chi connectivity index (χ0v) is 23.1. The molecule has 0 radical (unpaired) electrons. The van der Waals surface area contributed by atoms with Gasteiger partial charge in [-0.05, 0) is 48.4 Å². The molecular formula is C28H25ClN4O7S. The van der Waals surface area contributed by atoms with E-state index < -0.39 is 39.6 Å². The van der Waals surface area contributed by atoms with E-state index in [4.69, 9.17) is 21.1 Å². The fourth-order valence-corrected chi connectivity index (χ4v) is 6.76. The average molecular weight is 597 g/mol. The second-order valence-electron chi connectivity index (χ2n) is 10.1. The molecule has 3 aliphatic heterocycles. The van der Waals surface area contributed by atoms with Crippen LogP contribution in [0.15, 0.2) is 71.6 Å². The van der Waals surface area contributed by atoms with Crippen LogP contribution in [0, 0.1) is 0 Å². The molecule has 0 bridgehead atoms. The Labute approximate surface area is 240 Å². The Bertz CT molecular complexity index is 1670. The van der Waals surface area contributed by atoms with Gasteiger partial charge >= 0.3 is 6.09 Å². The third kappa shape index (κ3) is 5.33. The van der Waals surface area contributed by atoms with Crippen LogP contribution in [-0.4, -0.2) is 57.0 Å². The summed E-state index contributed by atoms with van der Waals surface area (Å²) in [6.45, 7) is 0.0967. The minimum absolute atomic E-state index is 0.0296. The minimum Gasteiger partial charge on any atom is -0.482 e. The van der Waals surface area contributed by atoms with E-state index >= 15 is 0 Å². The standard InChI is InChI=1S/C28H25ClN4O7S/c29-18-6-8-21-20(13-18)28(40-27(36)31-21)10-11-33(16-28)26(35)23(12-17-4-2-1-3-5-17)32-41(37,38)19-7-9-24-22(14-19)30-25(34)15-39-24/h1-9,13-14,23,32H,10-12,15-16H2,(H,30,34)(H,31,36)/t23-,28?/m0/s1. The third-order valence-electron chi connectivity index (χ3n) is 7.31. The van der Waals surface area contributed by atoms with Crippen molar-refractivity contribution in [3.8, 4) is 5.75 Å². The highest BCUT2D eigenvalue weighted by Gasteiger charge is 2.49. The highest BCUT2D eigenvalue weighted by molar-refractivity contribution is 7.89. The maximum Gasteiger partial charge on any atom is 0.412 e. The molecule has 41 heavy (non-hydrogen) atoms. The predicted octanol–water partition coefficient (Wildman–Crippen LogP) is 3.25. The van der Waals surface area contributed by atoms with Gasteiger partial charge in [-0.1, -0.05) is 41.9 Å². The van der Waals surface area contributed by atoms with Crippen LogP contribution in [0.2, 0.25) is 5.02 Å². The van der Waals surface area contributed by atoms with Crippen molar-refractivity contribution >= 4 is 50.9 Å². The molecule has 1 spiro atoms. The highest BCUT2D eigenvalue weighted by Crippen LogP contribution is 2.44. The number of nitrogens with one attached hydrogen (secondary N) is 3. The van der Waals surface area contributed by atoms with Gasteiger partial charge in [-0.15, -0.1) is 0 Å². The molecule has 3 N–H and O–H groups in total. The molecule has 0 saturated carbocycles. The number of likely N-dealkylation sites (tertiary alicyclic amines) is 1. The SMILES string of the molecule is O=C1COc2ccc(S(=O)(=O)N[C@@H](Cc3ccccc3)C(=O)N3CCC4(C3)OC(=O)Nc3ccc(Cl)cc34)cc2N1. The van der Waals surface area contributed by atoms with Gasteiger partial charge in [-0.2, -0.15) is 4.72 Å². The van der Waals surface area contributed by atoms with Crippen molar-refractivity contribution in [2.45, 2.75) is 29.4 Å². The number of sulfonamides is 1. The Hall–Kier alpha value is -4.13. The van der Waals surface area contributed by atoms with Gasteiger partial charge in [0.25, 0.3) is 5.91 Å². The number of benzene rings is 3. The first-order valence-corrected chi connectivity index (χ1v) is 14.7. The molecule has 6 rings (SSSR count). The molecule has 11 nitrogen and oxygen atoms in total. The fourth-order valence-electron chi connectivity index (χ4n) is 5.38. The first-order valence-electron chi connectivity index (χ1n) is 12.8. The van der Waals surface area contributed by atoms with Crippen LogP contribution < -0.4 is 20.1 Å². The van der Waals surface area contributed by atoms with Gasteiger partial charge in [0.2, 0.25) is 15.9 Å². The highest BCUT2D eigenvalue weighted by atomic mass is 35.5. The Morgan fingerprint density at radius 1 is 1.05 bits per heavy atom. The van der Waals surface area contributed by atoms with E-state index in [0.29, 0.717) is 28.4 Å². The summed E-state index contributed by atoms with van der Waals surface area (Å²) in [6, 6.07) is 17.0. The van der Waals surface area contributed by atoms with E-state index in [1.165, 1.54) is 23.1 Å². The second-order valence-corrected chi connectivity index (χ2v) is 12.2. The number of ether oxygens (including phenoxy) is 2. The third-order valence-corrected chi connectivity index (χ3v) is 9.02. The average Bonchev–Trinajstić information content (AvgIpc) is 3.37. The van der Waals surface area contributed by atoms with Crippen LogP contribution in [0.1, 0.15) is 17.5 Å². The Balaban J connectivity index is 1.29. The van der Waals surface area contributed by atoms with Crippen LogP contribution >= 0.6 is 11.6 Å². The van der Waals surface area contributed by atoms with Crippen molar-refractivity contribution in [3.05, 3.63) is 82.9 Å². The summed E-state index contributed by atoms with van der Waals surface area (Å²) >= 11 is 6.24.